The fraction of sp³-hybridized carbons (Fsp3) is 0.200. The van der Waals surface area contributed by atoms with E-state index in [1.165, 1.54) is 6.07 Å². The molecule has 0 fully saturated rings. The summed E-state index contributed by atoms with van der Waals surface area (Å²) in [6.45, 7) is 4.01. The van der Waals surface area contributed by atoms with Crippen LogP contribution in [0.5, 0.6) is 0 Å². The summed E-state index contributed by atoms with van der Waals surface area (Å²) in [5.74, 6) is 0. The zero-order valence-electron chi connectivity index (χ0n) is 7.74. The molecule has 0 spiro atoms. The summed E-state index contributed by atoms with van der Waals surface area (Å²) < 4.78 is 37.3. The van der Waals surface area contributed by atoms with Gasteiger partial charge in [-0.2, -0.15) is 13.2 Å². The van der Waals surface area contributed by atoms with Crippen LogP contribution in [0.25, 0.3) is 0 Å². The molecule has 0 aliphatic rings. The molecule has 15 heavy (non-hydrogen) atoms. The highest BCUT2D eigenvalue weighted by atomic mass is 79.9. The molecule has 0 radical (unpaired) electrons. The fourth-order valence-corrected chi connectivity index (χ4v) is 1.54. The molecule has 1 rings (SSSR count). The van der Waals surface area contributed by atoms with Gasteiger partial charge in [0.1, 0.15) is 0 Å². The molecule has 0 aliphatic heterocycles. The lowest BCUT2D eigenvalue weighted by Gasteiger charge is -2.10. The monoisotopic (exact) mass is 279 g/mol. The van der Waals surface area contributed by atoms with Crippen molar-refractivity contribution in [3.8, 4) is 0 Å². The first-order valence-electron chi connectivity index (χ1n) is 4.16. The summed E-state index contributed by atoms with van der Waals surface area (Å²) in [6.07, 6.45) is -2.68. The lowest BCUT2D eigenvalue weighted by molar-refractivity contribution is -0.137. The SMILES string of the molecule is C=CCNc1ccc(C(F)(F)F)cc1Br. The van der Waals surface area contributed by atoms with Crippen molar-refractivity contribution >= 4 is 21.6 Å². The second-order valence-corrected chi connectivity index (χ2v) is 3.72. The number of nitrogens with one attached hydrogen (secondary N) is 1. The molecule has 0 unspecified atom stereocenters. The summed E-state index contributed by atoms with van der Waals surface area (Å²) in [5.41, 5.74) is -0.0542. The Morgan fingerprint density at radius 1 is 1.40 bits per heavy atom. The molecular weight excluding hydrogens is 271 g/mol. The van der Waals surface area contributed by atoms with E-state index >= 15 is 0 Å². The Morgan fingerprint density at radius 2 is 2.07 bits per heavy atom. The van der Waals surface area contributed by atoms with Gasteiger partial charge in [0.2, 0.25) is 0 Å². The molecule has 0 heterocycles. The van der Waals surface area contributed by atoms with Crippen LogP contribution in [-0.2, 0) is 6.18 Å². The predicted molar refractivity (Wildman–Crippen MR) is 57.8 cm³/mol. The van der Waals surface area contributed by atoms with Gasteiger partial charge in [-0.05, 0) is 34.1 Å². The van der Waals surface area contributed by atoms with Crippen molar-refractivity contribution in [1.29, 1.82) is 0 Å². The molecule has 82 valence electrons. The van der Waals surface area contributed by atoms with Gasteiger partial charge in [0.05, 0.1) is 5.56 Å². The molecule has 0 aromatic heterocycles. The quantitative estimate of drug-likeness (QED) is 0.823. The minimum Gasteiger partial charge on any atom is -0.381 e. The lowest BCUT2D eigenvalue weighted by Crippen LogP contribution is -2.06. The minimum atomic E-state index is -4.31. The van der Waals surface area contributed by atoms with Crippen LogP contribution in [0.15, 0.2) is 35.3 Å². The molecule has 0 atom stereocenters. The topological polar surface area (TPSA) is 12.0 Å². The van der Waals surface area contributed by atoms with Gasteiger partial charge in [-0.3, -0.25) is 0 Å². The maximum atomic E-state index is 12.3. The average Bonchev–Trinajstić information content (AvgIpc) is 2.14. The van der Waals surface area contributed by atoms with E-state index in [0.717, 1.165) is 12.1 Å². The van der Waals surface area contributed by atoms with Crippen molar-refractivity contribution in [3.05, 3.63) is 40.9 Å². The van der Waals surface area contributed by atoms with Crippen LogP contribution >= 0.6 is 15.9 Å². The molecule has 0 saturated carbocycles. The number of anilines is 1. The van der Waals surface area contributed by atoms with Crippen LogP contribution in [0, 0.1) is 0 Å². The van der Waals surface area contributed by atoms with Crippen molar-refractivity contribution in [2.45, 2.75) is 6.18 Å². The van der Waals surface area contributed by atoms with E-state index in [1.807, 2.05) is 0 Å². The molecule has 1 nitrogen and oxygen atoms in total. The third-order valence-corrected chi connectivity index (χ3v) is 2.39. The molecule has 0 saturated heterocycles. The number of hydrogen-bond donors (Lipinski definition) is 1. The Hall–Kier alpha value is -0.970. The van der Waals surface area contributed by atoms with Crippen molar-refractivity contribution in [3.63, 3.8) is 0 Å². The highest BCUT2D eigenvalue weighted by molar-refractivity contribution is 9.10. The van der Waals surface area contributed by atoms with E-state index in [9.17, 15) is 13.2 Å². The van der Waals surface area contributed by atoms with Gasteiger partial charge < -0.3 is 5.32 Å². The Labute approximate surface area is 94.1 Å². The molecule has 0 aliphatic carbocycles. The van der Waals surface area contributed by atoms with E-state index < -0.39 is 11.7 Å². The summed E-state index contributed by atoms with van der Waals surface area (Å²) in [4.78, 5) is 0. The molecule has 0 amide bonds. The standard InChI is InChI=1S/C10H9BrF3N/c1-2-5-15-9-4-3-7(6-8(9)11)10(12,13)14/h2-4,6,15H,1,5H2. The largest absolute Gasteiger partial charge is 0.416 e. The van der Waals surface area contributed by atoms with E-state index in [2.05, 4.69) is 27.8 Å². The minimum absolute atomic E-state index is 0.388. The first-order valence-corrected chi connectivity index (χ1v) is 4.96. The first kappa shape index (κ1) is 12.1. The van der Waals surface area contributed by atoms with Crippen LogP contribution < -0.4 is 5.32 Å². The number of rotatable bonds is 3. The maximum absolute atomic E-state index is 12.3. The van der Waals surface area contributed by atoms with Crippen LogP contribution in [0.3, 0.4) is 0 Å². The summed E-state index contributed by atoms with van der Waals surface area (Å²) in [5, 5.41) is 2.91. The van der Waals surface area contributed by atoms with Gasteiger partial charge in [-0.1, -0.05) is 6.08 Å². The highest BCUT2D eigenvalue weighted by Crippen LogP contribution is 2.33. The molecule has 1 aromatic carbocycles. The third-order valence-electron chi connectivity index (χ3n) is 1.73. The zero-order valence-corrected chi connectivity index (χ0v) is 9.32. The zero-order chi connectivity index (χ0) is 11.5. The number of hydrogen-bond acceptors (Lipinski definition) is 1. The summed E-state index contributed by atoms with van der Waals surface area (Å²) in [7, 11) is 0. The normalized spacial score (nSPS) is 11.2. The van der Waals surface area contributed by atoms with E-state index in [4.69, 9.17) is 0 Å². The smallest absolute Gasteiger partial charge is 0.381 e. The summed E-state index contributed by atoms with van der Waals surface area (Å²) >= 11 is 3.07. The molecule has 1 aromatic rings. The molecular formula is C10H9BrF3N. The van der Waals surface area contributed by atoms with E-state index in [1.54, 1.807) is 6.08 Å². The van der Waals surface area contributed by atoms with Gasteiger partial charge in [0, 0.05) is 16.7 Å². The first-order chi connectivity index (χ1) is 6.95. The Bertz CT molecular complexity index is 360. The number of benzene rings is 1. The Kier molecular flexibility index (Phi) is 3.79. The fourth-order valence-electron chi connectivity index (χ4n) is 1.02. The third kappa shape index (κ3) is 3.27. The van der Waals surface area contributed by atoms with Crippen molar-refractivity contribution in [2.75, 3.05) is 11.9 Å². The maximum Gasteiger partial charge on any atom is 0.416 e. The second-order valence-electron chi connectivity index (χ2n) is 2.86. The van der Waals surface area contributed by atoms with Crippen molar-refractivity contribution < 1.29 is 13.2 Å². The van der Waals surface area contributed by atoms with Crippen molar-refractivity contribution in [1.82, 2.24) is 0 Å². The Balaban J connectivity index is 2.93. The lowest BCUT2D eigenvalue weighted by atomic mass is 10.2. The van der Waals surface area contributed by atoms with E-state index in [0.29, 0.717) is 16.7 Å². The van der Waals surface area contributed by atoms with Gasteiger partial charge in [0.25, 0.3) is 0 Å². The Morgan fingerprint density at radius 3 is 2.53 bits per heavy atom. The van der Waals surface area contributed by atoms with Gasteiger partial charge in [0.15, 0.2) is 0 Å². The van der Waals surface area contributed by atoms with Gasteiger partial charge in [-0.15, -0.1) is 6.58 Å². The van der Waals surface area contributed by atoms with Gasteiger partial charge in [-0.25, -0.2) is 0 Å². The molecule has 1 N–H and O–H groups in total. The predicted octanol–water partition coefficient (Wildman–Crippen LogP) is 4.07. The highest BCUT2D eigenvalue weighted by Gasteiger charge is 2.30. The van der Waals surface area contributed by atoms with Crippen LogP contribution in [0.1, 0.15) is 5.56 Å². The van der Waals surface area contributed by atoms with Gasteiger partial charge >= 0.3 is 6.18 Å². The number of alkyl halides is 3. The second kappa shape index (κ2) is 4.70. The number of halogens is 4. The molecule has 0 bridgehead atoms. The van der Waals surface area contributed by atoms with Crippen LogP contribution in [0.2, 0.25) is 0 Å². The average molecular weight is 280 g/mol. The van der Waals surface area contributed by atoms with Crippen molar-refractivity contribution in [2.24, 2.45) is 0 Å². The van der Waals surface area contributed by atoms with E-state index in [-0.39, 0.29) is 0 Å². The van der Waals surface area contributed by atoms with Crippen LogP contribution in [0.4, 0.5) is 18.9 Å². The van der Waals surface area contributed by atoms with Crippen LogP contribution in [-0.4, -0.2) is 6.54 Å². The molecule has 5 heteroatoms. The summed E-state index contributed by atoms with van der Waals surface area (Å²) in [6, 6.07) is 3.47.